The molecule has 1 aliphatic heterocycles. The van der Waals surface area contributed by atoms with Crippen LogP contribution in [0.2, 0.25) is 0 Å². The monoisotopic (exact) mass is 378 g/mol. The molecule has 0 aliphatic carbocycles. The van der Waals surface area contributed by atoms with Crippen molar-refractivity contribution in [1.82, 2.24) is 9.78 Å². The van der Waals surface area contributed by atoms with E-state index in [-0.39, 0.29) is 12.8 Å². The molecule has 0 spiro atoms. The number of nitro groups is 2. The topological polar surface area (TPSA) is 123 Å². The first-order valence-corrected chi connectivity index (χ1v) is 7.83. The van der Waals surface area contributed by atoms with Gasteiger partial charge in [0.2, 0.25) is 0 Å². The minimum absolute atomic E-state index is 0.0231. The molecular weight excluding hydrogens is 364 g/mol. The van der Waals surface area contributed by atoms with Gasteiger partial charge in [-0.3, -0.25) is 0 Å². The van der Waals surface area contributed by atoms with E-state index in [1.165, 1.54) is 0 Å². The van der Waals surface area contributed by atoms with Gasteiger partial charge in [-0.25, -0.2) is 0 Å². The van der Waals surface area contributed by atoms with Crippen LogP contribution in [0.3, 0.4) is 0 Å². The fraction of sp³-hybridized carbons (Fsp3) is 0.727. The maximum atomic E-state index is 11.0. The lowest BCUT2D eigenvalue weighted by atomic mass is 10.2. The molecule has 0 radical (unpaired) electrons. The molecule has 0 saturated carbocycles. The predicted octanol–water partition coefficient (Wildman–Crippen LogP) is 2.01. The Morgan fingerprint density at radius 3 is 2.77 bits per heavy atom. The van der Waals surface area contributed by atoms with Crippen LogP contribution >= 0.6 is 15.9 Å². The lowest BCUT2D eigenvalue weighted by Gasteiger charge is -2.25. The maximum absolute atomic E-state index is 11.0. The first kappa shape index (κ1) is 16.8. The summed E-state index contributed by atoms with van der Waals surface area (Å²) < 4.78 is 12.2. The summed E-state index contributed by atoms with van der Waals surface area (Å²) in [6.07, 6.45) is 1.93. The van der Waals surface area contributed by atoms with Gasteiger partial charge in [0.1, 0.15) is 17.3 Å². The van der Waals surface area contributed by atoms with E-state index in [0.717, 1.165) is 30.0 Å². The number of hydrogen-bond acceptors (Lipinski definition) is 7. The molecule has 0 aromatic carbocycles. The highest BCUT2D eigenvalue weighted by molar-refractivity contribution is 9.09. The van der Waals surface area contributed by atoms with Crippen LogP contribution in [0.5, 0.6) is 0 Å². The lowest BCUT2D eigenvalue weighted by molar-refractivity contribution is -0.395. The average molecular weight is 379 g/mol. The second-order valence-electron chi connectivity index (χ2n) is 4.77. The number of alkyl halides is 1. The normalized spacial score (nSPS) is 19.8. The van der Waals surface area contributed by atoms with Gasteiger partial charge in [-0.2, -0.15) is 0 Å². The zero-order valence-corrected chi connectivity index (χ0v) is 13.2. The molecule has 0 amide bonds. The Bertz CT molecular complexity index is 545. The molecule has 2 rings (SSSR count). The number of rotatable bonds is 7. The van der Waals surface area contributed by atoms with Crippen molar-refractivity contribution in [3.8, 4) is 0 Å². The minimum Gasteiger partial charge on any atom is -0.358 e. The Labute approximate surface area is 133 Å². The molecular formula is C11H15BrN4O6. The van der Waals surface area contributed by atoms with Crippen molar-refractivity contribution in [2.75, 3.05) is 11.9 Å². The van der Waals surface area contributed by atoms with Crippen LogP contribution in [0.25, 0.3) is 0 Å². The van der Waals surface area contributed by atoms with Crippen LogP contribution in [-0.4, -0.2) is 44.0 Å². The minimum atomic E-state index is -0.766. The van der Waals surface area contributed by atoms with Crippen LogP contribution in [0.15, 0.2) is 6.07 Å². The van der Waals surface area contributed by atoms with Gasteiger partial charge in [0.25, 0.3) is 0 Å². The molecule has 2 heterocycles. The van der Waals surface area contributed by atoms with Crippen molar-refractivity contribution >= 4 is 27.6 Å². The molecule has 1 saturated heterocycles. The molecule has 2 unspecified atom stereocenters. The van der Waals surface area contributed by atoms with Gasteiger partial charge in [0.15, 0.2) is 12.8 Å². The SMILES string of the molecule is O=[N+]([O-])c1cc([N+](=O)[O-])n(CC(CBr)OC2CCCCO2)n1. The highest BCUT2D eigenvalue weighted by Gasteiger charge is 2.31. The van der Waals surface area contributed by atoms with Crippen molar-refractivity contribution in [3.63, 3.8) is 0 Å². The van der Waals surface area contributed by atoms with Gasteiger partial charge in [-0.05, 0) is 33.8 Å². The summed E-state index contributed by atoms with van der Waals surface area (Å²) in [5.74, 6) is -1.00. The maximum Gasteiger partial charge on any atom is 0.420 e. The van der Waals surface area contributed by atoms with Gasteiger partial charge in [0.05, 0.1) is 0 Å². The van der Waals surface area contributed by atoms with Crippen molar-refractivity contribution < 1.29 is 19.3 Å². The average Bonchev–Trinajstić information content (AvgIpc) is 2.92. The van der Waals surface area contributed by atoms with E-state index in [0.29, 0.717) is 11.9 Å². The summed E-state index contributed by atoms with van der Waals surface area (Å²) in [6.45, 7) is 0.641. The Morgan fingerprint density at radius 2 is 2.23 bits per heavy atom. The molecule has 0 N–H and O–H groups in total. The fourth-order valence-electron chi connectivity index (χ4n) is 2.12. The predicted molar refractivity (Wildman–Crippen MR) is 77.8 cm³/mol. The number of aromatic nitrogens is 2. The van der Waals surface area contributed by atoms with E-state index in [2.05, 4.69) is 21.0 Å². The van der Waals surface area contributed by atoms with Crippen LogP contribution in [0.1, 0.15) is 19.3 Å². The summed E-state index contributed by atoms with van der Waals surface area (Å²) in [5.41, 5.74) is 0. The highest BCUT2D eigenvalue weighted by Crippen LogP contribution is 2.22. The third-order valence-electron chi connectivity index (χ3n) is 3.15. The quantitative estimate of drug-likeness (QED) is 0.403. The van der Waals surface area contributed by atoms with Crippen molar-refractivity contribution in [2.45, 2.75) is 38.2 Å². The van der Waals surface area contributed by atoms with Crippen molar-refractivity contribution in [2.24, 2.45) is 0 Å². The molecule has 2 atom stereocenters. The van der Waals surface area contributed by atoms with Gasteiger partial charge >= 0.3 is 11.6 Å². The van der Waals surface area contributed by atoms with E-state index in [4.69, 9.17) is 9.47 Å². The van der Waals surface area contributed by atoms with Gasteiger partial charge in [-0.1, -0.05) is 15.9 Å². The smallest absolute Gasteiger partial charge is 0.358 e. The molecule has 1 fully saturated rings. The first-order valence-electron chi connectivity index (χ1n) is 6.71. The Hall–Kier alpha value is -1.59. The van der Waals surface area contributed by atoms with E-state index >= 15 is 0 Å². The summed E-state index contributed by atoms with van der Waals surface area (Å²) in [4.78, 5) is 20.2. The van der Waals surface area contributed by atoms with Crippen molar-refractivity contribution in [3.05, 3.63) is 26.3 Å². The summed E-state index contributed by atoms with van der Waals surface area (Å²) >= 11 is 3.27. The lowest BCUT2D eigenvalue weighted by Crippen LogP contribution is -2.32. The Balaban J connectivity index is 2.08. The summed E-state index contributed by atoms with van der Waals surface area (Å²) in [7, 11) is 0. The van der Waals surface area contributed by atoms with Crippen LogP contribution in [0.4, 0.5) is 11.6 Å². The van der Waals surface area contributed by atoms with Crippen LogP contribution in [-0.2, 0) is 16.0 Å². The number of nitrogens with zero attached hydrogens (tertiary/aromatic N) is 4. The number of hydrogen-bond donors (Lipinski definition) is 0. The van der Waals surface area contributed by atoms with Gasteiger partial charge in [0, 0.05) is 11.9 Å². The van der Waals surface area contributed by atoms with Crippen LogP contribution in [0, 0.1) is 20.2 Å². The molecule has 1 aliphatic rings. The van der Waals surface area contributed by atoms with Crippen molar-refractivity contribution in [1.29, 1.82) is 0 Å². The van der Waals surface area contributed by atoms with Gasteiger partial charge < -0.3 is 29.7 Å². The second-order valence-corrected chi connectivity index (χ2v) is 5.41. The van der Waals surface area contributed by atoms with E-state index < -0.39 is 27.6 Å². The molecule has 11 heteroatoms. The number of halogens is 1. The molecule has 1 aromatic rings. The molecule has 1 aromatic heterocycles. The van der Waals surface area contributed by atoms with E-state index in [1.54, 1.807) is 0 Å². The molecule has 0 bridgehead atoms. The van der Waals surface area contributed by atoms with Gasteiger partial charge in [-0.15, -0.1) is 0 Å². The summed E-state index contributed by atoms with van der Waals surface area (Å²) in [6, 6.07) is 0.836. The Kier molecular flexibility index (Phi) is 5.80. The Morgan fingerprint density at radius 1 is 1.45 bits per heavy atom. The highest BCUT2D eigenvalue weighted by atomic mass is 79.9. The standard InChI is InChI=1S/C11H15BrN4O6/c12-6-8(22-11-3-1-2-4-21-11)7-14-10(16(19)20)5-9(13-14)15(17)18/h5,8,11H,1-4,6-7H2. The number of ether oxygens (including phenoxy) is 2. The zero-order chi connectivity index (χ0) is 16.1. The summed E-state index contributed by atoms with van der Waals surface area (Å²) in [5, 5.41) is 25.7. The van der Waals surface area contributed by atoms with E-state index in [9.17, 15) is 20.2 Å². The third-order valence-corrected chi connectivity index (χ3v) is 3.87. The first-order chi connectivity index (χ1) is 10.5. The second kappa shape index (κ2) is 7.61. The van der Waals surface area contributed by atoms with E-state index in [1.807, 2.05) is 0 Å². The molecule has 22 heavy (non-hydrogen) atoms. The third kappa shape index (κ3) is 4.21. The molecule has 122 valence electrons. The fourth-order valence-corrected chi connectivity index (χ4v) is 2.48. The van der Waals surface area contributed by atoms with Crippen LogP contribution < -0.4 is 0 Å². The zero-order valence-electron chi connectivity index (χ0n) is 11.6. The largest absolute Gasteiger partial charge is 0.420 e. The molecule has 10 nitrogen and oxygen atoms in total.